The van der Waals surface area contributed by atoms with Crippen LogP contribution in [0.4, 0.5) is 5.69 Å². The predicted molar refractivity (Wildman–Crippen MR) is 115 cm³/mol. The van der Waals surface area contributed by atoms with E-state index in [0.717, 1.165) is 37.6 Å². The summed E-state index contributed by atoms with van der Waals surface area (Å²) in [6.45, 7) is 3.04. The second-order valence-corrected chi connectivity index (χ2v) is 7.51. The van der Waals surface area contributed by atoms with E-state index in [-0.39, 0.29) is 0 Å². The number of nitrogens with one attached hydrogen (secondary N) is 1. The summed E-state index contributed by atoms with van der Waals surface area (Å²) in [5.74, 6) is 1.43. The number of hydrogen-bond donors (Lipinski definition) is 1. The summed E-state index contributed by atoms with van der Waals surface area (Å²) in [7, 11) is 1.65. The molecule has 0 fully saturated rings. The highest BCUT2D eigenvalue weighted by molar-refractivity contribution is 9.10. The topological polar surface area (TPSA) is 30.5 Å². The fourth-order valence-corrected chi connectivity index (χ4v) is 3.36. The Kier molecular flexibility index (Phi) is 6.64. The van der Waals surface area contributed by atoms with Gasteiger partial charge in [-0.1, -0.05) is 63.9 Å². The third-order valence-corrected chi connectivity index (χ3v) is 5.06. The molecule has 3 nitrogen and oxygen atoms in total. The Balaban J connectivity index is 1.81. The molecule has 0 saturated carbocycles. The normalized spacial score (nSPS) is 10.5. The smallest absolute Gasteiger partial charge is 0.166 e. The van der Waals surface area contributed by atoms with Crippen molar-refractivity contribution < 1.29 is 9.47 Å². The molecule has 0 unspecified atom stereocenters. The second kappa shape index (κ2) is 9.16. The van der Waals surface area contributed by atoms with Gasteiger partial charge in [-0.25, -0.2) is 0 Å². The third-order valence-electron chi connectivity index (χ3n) is 4.20. The molecule has 1 N–H and O–H groups in total. The van der Waals surface area contributed by atoms with E-state index in [0.29, 0.717) is 18.9 Å². The van der Waals surface area contributed by atoms with Gasteiger partial charge in [-0.3, -0.25) is 0 Å². The number of methoxy groups -OCH3 is 1. The predicted octanol–water partition coefficient (Wildman–Crippen LogP) is 6.61. The van der Waals surface area contributed by atoms with Crippen LogP contribution in [-0.2, 0) is 13.2 Å². The van der Waals surface area contributed by atoms with E-state index in [1.807, 2.05) is 67.6 Å². The Morgan fingerprint density at radius 3 is 2.52 bits per heavy atom. The van der Waals surface area contributed by atoms with Gasteiger partial charge in [0.15, 0.2) is 11.5 Å². The summed E-state index contributed by atoms with van der Waals surface area (Å²) in [4.78, 5) is 0. The lowest BCUT2D eigenvalue weighted by molar-refractivity contribution is 0.281. The van der Waals surface area contributed by atoms with E-state index >= 15 is 0 Å². The molecule has 0 aliphatic carbocycles. The van der Waals surface area contributed by atoms with Gasteiger partial charge in [-0.15, -0.1) is 0 Å². The number of halogens is 2. The first-order chi connectivity index (χ1) is 13.1. The molecule has 0 radical (unpaired) electrons. The van der Waals surface area contributed by atoms with Crippen LogP contribution >= 0.6 is 27.5 Å². The van der Waals surface area contributed by atoms with Crippen molar-refractivity contribution in [3.63, 3.8) is 0 Å². The number of benzene rings is 3. The molecule has 27 heavy (non-hydrogen) atoms. The molecule has 3 aromatic carbocycles. The number of anilines is 1. The van der Waals surface area contributed by atoms with Crippen LogP contribution in [0.2, 0.25) is 5.02 Å². The van der Waals surface area contributed by atoms with E-state index in [1.165, 1.54) is 0 Å². The fraction of sp³-hybridized carbons (Fsp3) is 0.182. The zero-order valence-corrected chi connectivity index (χ0v) is 17.6. The van der Waals surface area contributed by atoms with Crippen molar-refractivity contribution in [2.24, 2.45) is 0 Å². The van der Waals surface area contributed by atoms with Crippen molar-refractivity contribution in [2.75, 3.05) is 12.4 Å². The van der Waals surface area contributed by atoms with Crippen LogP contribution in [0.3, 0.4) is 0 Å². The molecule has 3 aromatic rings. The minimum atomic E-state index is 0.474. The maximum atomic E-state index is 6.23. The molecule has 0 aliphatic rings. The zero-order valence-electron chi connectivity index (χ0n) is 15.3. The molecule has 0 bridgehead atoms. The van der Waals surface area contributed by atoms with Crippen LogP contribution in [0, 0.1) is 6.92 Å². The summed E-state index contributed by atoms with van der Waals surface area (Å²) in [5.41, 5.74) is 4.11. The van der Waals surface area contributed by atoms with Crippen molar-refractivity contribution in [2.45, 2.75) is 20.1 Å². The van der Waals surface area contributed by atoms with Crippen molar-refractivity contribution >= 4 is 33.2 Å². The van der Waals surface area contributed by atoms with Crippen LogP contribution in [0.1, 0.15) is 16.7 Å². The van der Waals surface area contributed by atoms with Crippen molar-refractivity contribution in [1.29, 1.82) is 0 Å². The molecule has 140 valence electrons. The largest absolute Gasteiger partial charge is 0.493 e. The number of ether oxygens (including phenoxy) is 2. The summed E-state index contributed by atoms with van der Waals surface area (Å²) in [6.07, 6.45) is 0. The van der Waals surface area contributed by atoms with Crippen molar-refractivity contribution in [3.8, 4) is 11.5 Å². The SMILES string of the molecule is COc1cc(Br)cc(CNc2ccc(C)c(Cl)c2)c1OCc1ccccc1. The number of aryl methyl sites for hydroxylation is 1. The molecular formula is C22H21BrClNO2. The summed E-state index contributed by atoms with van der Waals surface area (Å²) in [6, 6.07) is 20.0. The Bertz CT molecular complexity index is 916. The minimum Gasteiger partial charge on any atom is -0.493 e. The molecule has 0 aliphatic heterocycles. The zero-order chi connectivity index (χ0) is 19.2. The van der Waals surface area contributed by atoms with Gasteiger partial charge >= 0.3 is 0 Å². The third kappa shape index (κ3) is 5.18. The molecule has 0 amide bonds. The standard InChI is InChI=1S/C22H21BrClNO2/c1-15-8-9-19(12-20(15)24)25-13-17-10-18(23)11-21(26-2)22(17)27-14-16-6-4-3-5-7-16/h3-12,25H,13-14H2,1-2H3. The lowest BCUT2D eigenvalue weighted by Crippen LogP contribution is -2.05. The number of rotatable bonds is 7. The van der Waals surface area contributed by atoms with E-state index < -0.39 is 0 Å². The Labute approximate surface area is 173 Å². The van der Waals surface area contributed by atoms with Gasteiger partial charge in [0.2, 0.25) is 0 Å². The quantitative estimate of drug-likeness (QED) is 0.443. The molecule has 0 aromatic heterocycles. The second-order valence-electron chi connectivity index (χ2n) is 6.19. The van der Waals surface area contributed by atoms with Gasteiger partial charge in [0.1, 0.15) is 6.61 Å². The van der Waals surface area contributed by atoms with E-state index in [4.69, 9.17) is 21.1 Å². The molecule has 5 heteroatoms. The van der Waals surface area contributed by atoms with Crippen molar-refractivity contribution in [3.05, 3.63) is 86.8 Å². The first kappa shape index (κ1) is 19.6. The van der Waals surface area contributed by atoms with Crippen LogP contribution in [0.5, 0.6) is 11.5 Å². The first-order valence-electron chi connectivity index (χ1n) is 8.60. The highest BCUT2D eigenvalue weighted by Crippen LogP contribution is 2.36. The van der Waals surface area contributed by atoms with Gasteiger partial charge in [-0.05, 0) is 42.3 Å². The van der Waals surface area contributed by atoms with E-state index in [2.05, 4.69) is 21.2 Å². The number of hydrogen-bond acceptors (Lipinski definition) is 3. The average Bonchev–Trinajstić information content (AvgIpc) is 2.68. The Hall–Kier alpha value is -2.17. The highest BCUT2D eigenvalue weighted by Gasteiger charge is 2.13. The Morgan fingerprint density at radius 2 is 1.81 bits per heavy atom. The average molecular weight is 447 g/mol. The summed E-state index contributed by atoms with van der Waals surface area (Å²) >= 11 is 9.77. The summed E-state index contributed by atoms with van der Waals surface area (Å²) < 4.78 is 12.6. The van der Waals surface area contributed by atoms with Gasteiger partial charge in [0.05, 0.1) is 7.11 Å². The molecule has 0 saturated heterocycles. The lowest BCUT2D eigenvalue weighted by atomic mass is 10.1. The van der Waals surface area contributed by atoms with Crippen molar-refractivity contribution in [1.82, 2.24) is 0 Å². The van der Waals surface area contributed by atoms with Gasteiger partial charge in [0.25, 0.3) is 0 Å². The van der Waals surface area contributed by atoms with Gasteiger partial charge in [0, 0.05) is 27.3 Å². The van der Waals surface area contributed by atoms with Crippen LogP contribution in [0.25, 0.3) is 0 Å². The molecular weight excluding hydrogens is 426 g/mol. The molecule has 0 atom stereocenters. The van der Waals surface area contributed by atoms with Gasteiger partial charge in [-0.2, -0.15) is 0 Å². The first-order valence-corrected chi connectivity index (χ1v) is 9.77. The van der Waals surface area contributed by atoms with E-state index in [9.17, 15) is 0 Å². The lowest BCUT2D eigenvalue weighted by Gasteiger charge is -2.17. The fourth-order valence-electron chi connectivity index (χ4n) is 2.70. The van der Waals surface area contributed by atoms with E-state index in [1.54, 1.807) is 7.11 Å². The van der Waals surface area contributed by atoms with Crippen LogP contribution in [0.15, 0.2) is 65.1 Å². The summed E-state index contributed by atoms with van der Waals surface area (Å²) in [5, 5.41) is 4.15. The molecule has 3 rings (SSSR count). The van der Waals surface area contributed by atoms with Gasteiger partial charge < -0.3 is 14.8 Å². The monoisotopic (exact) mass is 445 g/mol. The minimum absolute atomic E-state index is 0.474. The van der Waals surface area contributed by atoms with Crippen LogP contribution < -0.4 is 14.8 Å². The maximum Gasteiger partial charge on any atom is 0.166 e. The maximum absolute atomic E-state index is 6.23. The van der Waals surface area contributed by atoms with Crippen LogP contribution in [-0.4, -0.2) is 7.11 Å². The highest BCUT2D eigenvalue weighted by atomic mass is 79.9. The Morgan fingerprint density at radius 1 is 1.04 bits per heavy atom. The molecule has 0 heterocycles. The molecule has 0 spiro atoms.